The van der Waals surface area contributed by atoms with E-state index in [9.17, 15) is 14.7 Å². The van der Waals surface area contributed by atoms with E-state index in [4.69, 9.17) is 16.3 Å². The molecule has 0 aromatic heterocycles. The van der Waals surface area contributed by atoms with Gasteiger partial charge in [0.1, 0.15) is 5.92 Å². The van der Waals surface area contributed by atoms with Gasteiger partial charge < -0.3 is 9.84 Å². The molecule has 0 amide bonds. The Morgan fingerprint density at radius 2 is 1.85 bits per heavy atom. The van der Waals surface area contributed by atoms with E-state index in [0.29, 0.717) is 10.6 Å². The molecule has 0 heterocycles. The maximum Gasteiger partial charge on any atom is 0.317 e. The van der Waals surface area contributed by atoms with Gasteiger partial charge in [0, 0.05) is 17.4 Å². The summed E-state index contributed by atoms with van der Waals surface area (Å²) in [6, 6.07) is 16.2. The van der Waals surface area contributed by atoms with E-state index < -0.39 is 23.4 Å². The standard InChI is InChI=1S/C21H21ClO4/c1-2-26-20(24)19-17(14-6-4-3-5-7-14)12-21(25,13-18(19)23)15-8-10-16(22)11-9-15/h3-11,17,19,25H,2,12-13H2,1H3/t17?,19?,21-/m0/s1. The van der Waals surface area contributed by atoms with Crippen LogP contribution < -0.4 is 0 Å². The second-order valence-electron chi connectivity index (χ2n) is 6.63. The molecular weight excluding hydrogens is 352 g/mol. The lowest BCUT2D eigenvalue weighted by Crippen LogP contribution is -2.45. The third-order valence-corrected chi connectivity index (χ3v) is 5.18. The number of hydrogen-bond acceptors (Lipinski definition) is 4. The lowest BCUT2D eigenvalue weighted by atomic mass is 9.66. The molecule has 4 nitrogen and oxygen atoms in total. The van der Waals surface area contributed by atoms with Gasteiger partial charge in [-0.1, -0.05) is 54.1 Å². The molecule has 3 rings (SSSR count). The Labute approximate surface area is 157 Å². The van der Waals surface area contributed by atoms with E-state index in [1.165, 1.54) is 0 Å². The highest BCUT2D eigenvalue weighted by molar-refractivity contribution is 6.30. The van der Waals surface area contributed by atoms with Crippen molar-refractivity contribution in [3.05, 3.63) is 70.7 Å². The molecule has 2 aromatic carbocycles. The molecule has 26 heavy (non-hydrogen) atoms. The normalized spacial score (nSPS) is 25.7. The summed E-state index contributed by atoms with van der Waals surface area (Å²) in [4.78, 5) is 25.3. The van der Waals surface area contributed by atoms with E-state index >= 15 is 0 Å². The van der Waals surface area contributed by atoms with E-state index in [0.717, 1.165) is 5.56 Å². The quantitative estimate of drug-likeness (QED) is 0.654. The maximum absolute atomic E-state index is 12.9. The summed E-state index contributed by atoms with van der Waals surface area (Å²) in [7, 11) is 0. The summed E-state index contributed by atoms with van der Waals surface area (Å²) >= 11 is 5.94. The number of Topliss-reactive ketones (excluding diaryl/α,β-unsaturated/α-hetero) is 1. The molecule has 0 saturated heterocycles. The fourth-order valence-electron chi connectivity index (χ4n) is 3.69. The van der Waals surface area contributed by atoms with Gasteiger partial charge in [-0.25, -0.2) is 0 Å². The van der Waals surface area contributed by atoms with Crippen molar-refractivity contribution in [2.45, 2.75) is 31.3 Å². The first-order chi connectivity index (χ1) is 12.4. The predicted molar refractivity (Wildman–Crippen MR) is 98.9 cm³/mol. The molecule has 1 aliphatic carbocycles. The summed E-state index contributed by atoms with van der Waals surface area (Å²) in [5.74, 6) is -2.17. The molecule has 3 atom stereocenters. The van der Waals surface area contributed by atoms with Crippen LogP contribution in [0.3, 0.4) is 0 Å². The molecule has 136 valence electrons. The number of benzene rings is 2. The summed E-state index contributed by atoms with van der Waals surface area (Å²) in [5, 5.41) is 11.8. The topological polar surface area (TPSA) is 63.6 Å². The van der Waals surface area contributed by atoms with Crippen LogP contribution in [-0.4, -0.2) is 23.5 Å². The van der Waals surface area contributed by atoms with Crippen molar-refractivity contribution >= 4 is 23.4 Å². The van der Waals surface area contributed by atoms with E-state index in [2.05, 4.69) is 0 Å². The van der Waals surface area contributed by atoms with Crippen LogP contribution in [0.1, 0.15) is 36.8 Å². The molecule has 2 aromatic rings. The fourth-order valence-corrected chi connectivity index (χ4v) is 3.82. The Kier molecular flexibility index (Phi) is 5.44. The summed E-state index contributed by atoms with van der Waals surface area (Å²) in [6.07, 6.45) is 0.134. The van der Waals surface area contributed by atoms with E-state index in [1.807, 2.05) is 30.3 Å². The molecule has 1 saturated carbocycles. The number of rotatable bonds is 4. The number of carbonyl (C=O) groups is 2. The minimum absolute atomic E-state index is 0.124. The van der Waals surface area contributed by atoms with Crippen molar-refractivity contribution in [3.8, 4) is 0 Å². The SMILES string of the molecule is CCOC(=O)C1C(=O)C[C@](O)(c2ccc(Cl)cc2)CC1c1ccccc1. The zero-order valence-corrected chi connectivity index (χ0v) is 15.3. The molecule has 5 heteroatoms. The largest absolute Gasteiger partial charge is 0.465 e. The first kappa shape index (κ1) is 18.6. The van der Waals surface area contributed by atoms with Crippen molar-refractivity contribution < 1.29 is 19.4 Å². The van der Waals surface area contributed by atoms with Crippen molar-refractivity contribution in [2.75, 3.05) is 6.61 Å². The molecule has 0 radical (unpaired) electrons. The highest BCUT2D eigenvalue weighted by atomic mass is 35.5. The monoisotopic (exact) mass is 372 g/mol. The Balaban J connectivity index is 2.00. The van der Waals surface area contributed by atoms with Crippen LogP contribution in [0.4, 0.5) is 0 Å². The first-order valence-electron chi connectivity index (χ1n) is 8.67. The van der Waals surface area contributed by atoms with Crippen LogP contribution in [0.5, 0.6) is 0 Å². The number of esters is 1. The average molecular weight is 373 g/mol. The molecular formula is C21H21ClO4. The van der Waals surface area contributed by atoms with Gasteiger partial charge in [0.05, 0.1) is 12.2 Å². The smallest absolute Gasteiger partial charge is 0.317 e. The lowest BCUT2D eigenvalue weighted by molar-refractivity contribution is -0.158. The molecule has 1 N–H and O–H groups in total. The molecule has 0 aliphatic heterocycles. The highest BCUT2D eigenvalue weighted by Crippen LogP contribution is 2.46. The number of ketones is 1. The second-order valence-corrected chi connectivity index (χ2v) is 7.07. The molecule has 0 spiro atoms. The van der Waals surface area contributed by atoms with Gasteiger partial charge >= 0.3 is 5.97 Å². The Hall–Kier alpha value is -2.17. The van der Waals surface area contributed by atoms with Crippen LogP contribution in [0, 0.1) is 5.92 Å². The van der Waals surface area contributed by atoms with Gasteiger partial charge in [-0.3, -0.25) is 9.59 Å². The van der Waals surface area contributed by atoms with Gasteiger partial charge in [-0.05, 0) is 36.6 Å². The average Bonchev–Trinajstić information content (AvgIpc) is 2.62. The third kappa shape index (κ3) is 3.67. The molecule has 0 bridgehead atoms. The fraction of sp³-hybridized carbons (Fsp3) is 0.333. The third-order valence-electron chi connectivity index (χ3n) is 4.92. The number of hydrogen-bond donors (Lipinski definition) is 1. The molecule has 2 unspecified atom stereocenters. The van der Waals surface area contributed by atoms with Crippen LogP contribution in [0.2, 0.25) is 5.02 Å². The predicted octanol–water partition coefficient (Wildman–Crippen LogP) is 3.85. The minimum Gasteiger partial charge on any atom is -0.465 e. The Morgan fingerprint density at radius 1 is 1.19 bits per heavy atom. The highest BCUT2D eigenvalue weighted by Gasteiger charge is 2.49. The van der Waals surface area contributed by atoms with Gasteiger partial charge in [-0.15, -0.1) is 0 Å². The maximum atomic E-state index is 12.9. The van der Waals surface area contributed by atoms with Crippen LogP contribution in [0.25, 0.3) is 0 Å². The first-order valence-corrected chi connectivity index (χ1v) is 9.05. The molecule has 1 fully saturated rings. The zero-order chi connectivity index (χ0) is 18.7. The van der Waals surface area contributed by atoms with Crippen molar-refractivity contribution in [2.24, 2.45) is 5.92 Å². The lowest BCUT2D eigenvalue weighted by Gasteiger charge is -2.40. The number of carbonyl (C=O) groups excluding carboxylic acids is 2. The van der Waals surface area contributed by atoms with Crippen molar-refractivity contribution in [3.63, 3.8) is 0 Å². The summed E-state index contributed by atoms with van der Waals surface area (Å²) in [5.41, 5.74) is 0.120. The van der Waals surface area contributed by atoms with Crippen LogP contribution >= 0.6 is 11.6 Å². The summed E-state index contributed by atoms with van der Waals surface area (Å²) < 4.78 is 5.13. The zero-order valence-electron chi connectivity index (χ0n) is 14.5. The second kappa shape index (κ2) is 7.60. The Bertz CT molecular complexity index is 787. The van der Waals surface area contributed by atoms with Gasteiger partial charge in [-0.2, -0.15) is 0 Å². The molecule has 1 aliphatic rings. The van der Waals surface area contributed by atoms with Gasteiger partial charge in [0.2, 0.25) is 0 Å². The Morgan fingerprint density at radius 3 is 2.46 bits per heavy atom. The van der Waals surface area contributed by atoms with Crippen molar-refractivity contribution in [1.29, 1.82) is 0 Å². The minimum atomic E-state index is -1.34. The number of halogens is 1. The number of aliphatic hydroxyl groups is 1. The summed E-state index contributed by atoms with van der Waals surface area (Å²) in [6.45, 7) is 1.93. The number of ether oxygens (including phenoxy) is 1. The van der Waals surface area contributed by atoms with Gasteiger partial charge in [0.15, 0.2) is 5.78 Å². The van der Waals surface area contributed by atoms with Gasteiger partial charge in [0.25, 0.3) is 0 Å². The van der Waals surface area contributed by atoms with Crippen molar-refractivity contribution in [1.82, 2.24) is 0 Å². The van der Waals surface area contributed by atoms with Crippen LogP contribution in [-0.2, 0) is 19.9 Å². The van der Waals surface area contributed by atoms with Crippen LogP contribution in [0.15, 0.2) is 54.6 Å². The van der Waals surface area contributed by atoms with E-state index in [1.54, 1.807) is 31.2 Å². The van der Waals surface area contributed by atoms with E-state index in [-0.39, 0.29) is 25.2 Å².